The Morgan fingerprint density at radius 2 is 1.74 bits per heavy atom. The van der Waals surface area contributed by atoms with Crippen LogP contribution in [0.25, 0.3) is 0 Å². The molecule has 1 saturated heterocycles. The number of carbonyl (C=O) groups excluding carboxylic acids is 3. The van der Waals surface area contributed by atoms with Crippen molar-refractivity contribution in [3.63, 3.8) is 0 Å². The predicted molar refractivity (Wildman–Crippen MR) is 107 cm³/mol. The van der Waals surface area contributed by atoms with Crippen LogP contribution < -0.4 is 5.32 Å². The lowest BCUT2D eigenvalue weighted by molar-refractivity contribution is -0.116. The number of hydrogen-bond acceptors (Lipinski definition) is 4. The van der Waals surface area contributed by atoms with E-state index in [9.17, 15) is 14.4 Å². The van der Waals surface area contributed by atoms with Crippen molar-refractivity contribution in [3.8, 4) is 0 Å². The number of para-hydroxylation sites is 1. The molecule has 0 spiro atoms. The second kappa shape index (κ2) is 8.95. The fourth-order valence-electron chi connectivity index (χ4n) is 3.19. The smallest absolute Gasteiger partial charge is 0.255 e. The first-order chi connectivity index (χ1) is 13.0. The minimum absolute atomic E-state index is 0.0269. The van der Waals surface area contributed by atoms with Gasteiger partial charge in [-0.1, -0.05) is 12.1 Å². The highest BCUT2D eigenvalue weighted by molar-refractivity contribution is 7.14. The van der Waals surface area contributed by atoms with E-state index in [0.717, 1.165) is 37.2 Å². The summed E-state index contributed by atoms with van der Waals surface area (Å²) in [5, 5.41) is 2.81. The molecule has 1 fully saturated rings. The lowest BCUT2D eigenvalue weighted by atomic mass is 10.1. The van der Waals surface area contributed by atoms with Crippen molar-refractivity contribution in [3.05, 3.63) is 51.7 Å². The lowest BCUT2D eigenvalue weighted by Gasteiger charge is -2.27. The molecule has 0 atom stereocenters. The number of piperidine rings is 1. The van der Waals surface area contributed by atoms with Crippen LogP contribution in [0.1, 0.15) is 57.0 Å². The largest absolute Gasteiger partial charge is 0.339 e. The molecule has 6 heteroatoms. The number of thiophene rings is 1. The van der Waals surface area contributed by atoms with Crippen LogP contribution in [0.3, 0.4) is 0 Å². The van der Waals surface area contributed by atoms with Crippen LogP contribution in [0.15, 0.2) is 36.4 Å². The third-order valence-corrected chi connectivity index (χ3v) is 5.71. The highest BCUT2D eigenvalue weighted by Gasteiger charge is 2.21. The number of nitrogens with zero attached hydrogens (tertiary/aromatic N) is 1. The van der Waals surface area contributed by atoms with Gasteiger partial charge in [0, 0.05) is 30.8 Å². The number of ketones is 1. The Kier molecular flexibility index (Phi) is 6.40. The molecule has 1 aromatic heterocycles. The van der Waals surface area contributed by atoms with Crippen LogP contribution in [-0.4, -0.2) is 35.6 Å². The first-order valence-electron chi connectivity index (χ1n) is 9.32. The Morgan fingerprint density at radius 3 is 2.44 bits per heavy atom. The number of Topliss-reactive ketones (excluding diaryl/α,β-unsaturated/α-hetero) is 1. The topological polar surface area (TPSA) is 66.5 Å². The standard InChI is InChI=1S/C21H24N2O3S/c1-15-9-11-19(27-15)18(24)10-12-20(25)22-17-8-4-3-7-16(17)21(26)23-13-5-2-6-14-23/h3-4,7-9,11H,2,5-6,10,12-14H2,1H3,(H,22,25). The molecular weight excluding hydrogens is 360 g/mol. The average Bonchev–Trinajstić information content (AvgIpc) is 3.13. The zero-order valence-corrected chi connectivity index (χ0v) is 16.3. The summed E-state index contributed by atoms with van der Waals surface area (Å²) in [5.74, 6) is -0.327. The molecule has 3 rings (SSSR count). The van der Waals surface area contributed by atoms with Crippen LogP contribution in [0.4, 0.5) is 5.69 Å². The summed E-state index contributed by atoms with van der Waals surface area (Å²) in [6.07, 6.45) is 3.45. The first kappa shape index (κ1) is 19.3. The highest BCUT2D eigenvalue weighted by atomic mass is 32.1. The number of anilines is 1. The van der Waals surface area contributed by atoms with Crippen LogP contribution in [-0.2, 0) is 4.79 Å². The number of benzene rings is 1. The van der Waals surface area contributed by atoms with Gasteiger partial charge in [0.25, 0.3) is 5.91 Å². The van der Waals surface area contributed by atoms with Gasteiger partial charge in [-0.15, -0.1) is 11.3 Å². The van der Waals surface area contributed by atoms with Crippen molar-refractivity contribution >= 4 is 34.6 Å². The molecule has 1 aliphatic heterocycles. The maximum Gasteiger partial charge on any atom is 0.255 e. The summed E-state index contributed by atoms with van der Waals surface area (Å²) >= 11 is 1.44. The molecule has 142 valence electrons. The Morgan fingerprint density at radius 1 is 1.00 bits per heavy atom. The second-order valence-electron chi connectivity index (χ2n) is 6.78. The van der Waals surface area contributed by atoms with E-state index in [1.54, 1.807) is 30.3 Å². The zero-order valence-electron chi connectivity index (χ0n) is 15.5. The van der Waals surface area contributed by atoms with E-state index >= 15 is 0 Å². The van der Waals surface area contributed by atoms with Crippen molar-refractivity contribution in [2.75, 3.05) is 18.4 Å². The van der Waals surface area contributed by atoms with E-state index in [4.69, 9.17) is 0 Å². The number of likely N-dealkylation sites (tertiary alicyclic amines) is 1. The molecule has 2 heterocycles. The molecule has 2 aromatic rings. The summed E-state index contributed by atoms with van der Waals surface area (Å²) in [4.78, 5) is 40.9. The summed E-state index contributed by atoms with van der Waals surface area (Å²) in [6, 6.07) is 10.8. The number of amides is 2. The van der Waals surface area contributed by atoms with Crippen LogP contribution >= 0.6 is 11.3 Å². The molecule has 0 aliphatic carbocycles. The van der Waals surface area contributed by atoms with Gasteiger partial charge in [-0.2, -0.15) is 0 Å². The molecule has 0 bridgehead atoms. The Balaban J connectivity index is 1.60. The number of aryl methyl sites for hydroxylation is 1. The molecule has 2 amide bonds. The lowest BCUT2D eigenvalue weighted by Crippen LogP contribution is -2.36. The molecule has 1 aromatic carbocycles. The van der Waals surface area contributed by atoms with Crippen molar-refractivity contribution in [2.45, 2.75) is 39.0 Å². The third-order valence-electron chi connectivity index (χ3n) is 4.67. The molecule has 0 unspecified atom stereocenters. The average molecular weight is 385 g/mol. The van der Waals surface area contributed by atoms with Gasteiger partial charge in [0.15, 0.2) is 5.78 Å². The molecule has 0 saturated carbocycles. The monoisotopic (exact) mass is 384 g/mol. The van der Waals surface area contributed by atoms with Crippen molar-refractivity contribution in [1.82, 2.24) is 4.90 Å². The van der Waals surface area contributed by atoms with Crippen molar-refractivity contribution in [1.29, 1.82) is 0 Å². The summed E-state index contributed by atoms with van der Waals surface area (Å²) in [5.41, 5.74) is 1.02. The van der Waals surface area contributed by atoms with Crippen molar-refractivity contribution < 1.29 is 14.4 Å². The molecule has 27 heavy (non-hydrogen) atoms. The van der Waals surface area contributed by atoms with E-state index < -0.39 is 0 Å². The fourth-order valence-corrected chi connectivity index (χ4v) is 4.03. The fraction of sp³-hybridized carbons (Fsp3) is 0.381. The molecule has 1 aliphatic rings. The van der Waals surface area contributed by atoms with Gasteiger partial charge < -0.3 is 10.2 Å². The van der Waals surface area contributed by atoms with E-state index in [0.29, 0.717) is 16.1 Å². The maximum absolute atomic E-state index is 12.8. The number of carbonyl (C=O) groups is 3. The first-order valence-corrected chi connectivity index (χ1v) is 10.1. The van der Waals surface area contributed by atoms with E-state index in [1.807, 2.05) is 17.9 Å². The molecular formula is C21H24N2O3S. The minimum atomic E-state index is -0.254. The normalized spacial score (nSPS) is 14.0. The predicted octanol–water partition coefficient (Wildman–Crippen LogP) is 4.28. The SMILES string of the molecule is Cc1ccc(C(=O)CCC(=O)Nc2ccccc2C(=O)N2CCCCC2)s1. The van der Waals surface area contributed by atoms with Crippen LogP contribution in [0.5, 0.6) is 0 Å². The van der Waals surface area contributed by atoms with Gasteiger partial charge in [-0.05, 0) is 50.5 Å². The Labute approximate surface area is 163 Å². The number of nitrogens with one attached hydrogen (secondary N) is 1. The van der Waals surface area contributed by atoms with Crippen molar-refractivity contribution in [2.24, 2.45) is 0 Å². The maximum atomic E-state index is 12.8. The van der Waals surface area contributed by atoms with E-state index in [1.165, 1.54) is 11.3 Å². The Bertz CT molecular complexity index is 837. The van der Waals surface area contributed by atoms with Gasteiger partial charge >= 0.3 is 0 Å². The quantitative estimate of drug-likeness (QED) is 0.756. The van der Waals surface area contributed by atoms with Gasteiger partial charge in [-0.25, -0.2) is 0 Å². The summed E-state index contributed by atoms with van der Waals surface area (Å²) in [7, 11) is 0. The van der Waals surface area contributed by atoms with Gasteiger partial charge in [-0.3, -0.25) is 14.4 Å². The van der Waals surface area contributed by atoms with E-state index in [-0.39, 0.29) is 30.4 Å². The molecule has 0 radical (unpaired) electrons. The second-order valence-corrected chi connectivity index (χ2v) is 8.07. The zero-order chi connectivity index (χ0) is 19.2. The highest BCUT2D eigenvalue weighted by Crippen LogP contribution is 2.21. The number of hydrogen-bond donors (Lipinski definition) is 1. The van der Waals surface area contributed by atoms with Crippen LogP contribution in [0, 0.1) is 6.92 Å². The third kappa shape index (κ3) is 5.04. The molecule has 1 N–H and O–H groups in total. The van der Waals surface area contributed by atoms with Gasteiger partial charge in [0.2, 0.25) is 5.91 Å². The summed E-state index contributed by atoms with van der Waals surface area (Å²) < 4.78 is 0. The number of rotatable bonds is 6. The van der Waals surface area contributed by atoms with Gasteiger partial charge in [0.05, 0.1) is 16.1 Å². The summed E-state index contributed by atoms with van der Waals surface area (Å²) in [6.45, 7) is 3.47. The Hall–Kier alpha value is -2.47. The molecule has 5 nitrogen and oxygen atoms in total. The van der Waals surface area contributed by atoms with E-state index in [2.05, 4.69) is 5.32 Å². The minimum Gasteiger partial charge on any atom is -0.339 e. The van der Waals surface area contributed by atoms with Gasteiger partial charge in [0.1, 0.15) is 0 Å². The van der Waals surface area contributed by atoms with Crippen LogP contribution in [0.2, 0.25) is 0 Å².